The first-order valence-corrected chi connectivity index (χ1v) is 8.39. The molecule has 23 heavy (non-hydrogen) atoms. The van der Waals surface area contributed by atoms with Gasteiger partial charge in [0, 0.05) is 58.4 Å². The van der Waals surface area contributed by atoms with Crippen LogP contribution >= 0.6 is 0 Å². The van der Waals surface area contributed by atoms with Gasteiger partial charge < -0.3 is 9.47 Å². The lowest BCUT2D eigenvalue weighted by Crippen LogP contribution is -2.38. The van der Waals surface area contributed by atoms with Crippen molar-refractivity contribution in [2.24, 2.45) is 18.9 Å². The van der Waals surface area contributed by atoms with Gasteiger partial charge in [-0.25, -0.2) is 9.97 Å². The molecule has 3 atom stereocenters. The Balaban J connectivity index is 1.43. The zero-order valence-electron chi connectivity index (χ0n) is 13.8. The number of imidazole rings is 1. The topological polar surface area (TPSA) is 50.1 Å². The fourth-order valence-electron chi connectivity index (χ4n) is 4.36. The highest BCUT2D eigenvalue weighted by Crippen LogP contribution is 2.41. The lowest BCUT2D eigenvalue weighted by molar-refractivity contribution is 0.294. The van der Waals surface area contributed by atoms with Crippen molar-refractivity contribution in [1.82, 2.24) is 24.4 Å². The SMILES string of the molecule is CN(c1cnccn1)[C@@H]1CC[C@@H]2CN(Cc3cn(C)cn3)C[C@@H]21. The number of nitrogens with zero attached hydrogens (tertiary/aromatic N) is 6. The van der Waals surface area contributed by atoms with Crippen molar-refractivity contribution in [2.75, 3.05) is 25.0 Å². The van der Waals surface area contributed by atoms with E-state index in [0.717, 1.165) is 30.7 Å². The number of likely N-dealkylation sites (tertiary alicyclic amines) is 1. The van der Waals surface area contributed by atoms with Crippen LogP contribution in [0.15, 0.2) is 31.1 Å². The summed E-state index contributed by atoms with van der Waals surface area (Å²) in [6.07, 6.45) is 12.0. The van der Waals surface area contributed by atoms with Crippen LogP contribution in [-0.2, 0) is 13.6 Å². The van der Waals surface area contributed by atoms with Crippen LogP contribution in [0, 0.1) is 11.8 Å². The van der Waals surface area contributed by atoms with Gasteiger partial charge in [-0.05, 0) is 24.7 Å². The Morgan fingerprint density at radius 3 is 2.87 bits per heavy atom. The standard InChI is InChI=1S/C17H24N6/c1-21-9-14(20-12-21)10-23-8-13-3-4-16(15(13)11-23)22(2)17-7-18-5-6-19-17/h5-7,9,12-13,15-16H,3-4,8,10-11H2,1-2H3/t13-,15+,16-/m1/s1. The molecule has 0 radical (unpaired) electrons. The van der Waals surface area contributed by atoms with E-state index >= 15 is 0 Å². The van der Waals surface area contributed by atoms with Crippen LogP contribution in [-0.4, -0.2) is 50.6 Å². The van der Waals surface area contributed by atoms with Crippen LogP contribution in [0.2, 0.25) is 0 Å². The maximum Gasteiger partial charge on any atom is 0.147 e. The van der Waals surface area contributed by atoms with E-state index < -0.39 is 0 Å². The van der Waals surface area contributed by atoms with E-state index in [1.807, 2.05) is 24.1 Å². The minimum atomic E-state index is 0.574. The molecule has 2 aromatic rings. The van der Waals surface area contributed by atoms with Gasteiger partial charge in [0.25, 0.3) is 0 Å². The first kappa shape index (κ1) is 14.6. The van der Waals surface area contributed by atoms with Crippen molar-refractivity contribution in [2.45, 2.75) is 25.4 Å². The first-order valence-electron chi connectivity index (χ1n) is 8.39. The number of hydrogen-bond acceptors (Lipinski definition) is 5. The average molecular weight is 312 g/mol. The van der Waals surface area contributed by atoms with Gasteiger partial charge in [-0.3, -0.25) is 9.88 Å². The molecule has 3 heterocycles. The molecule has 2 aliphatic rings. The van der Waals surface area contributed by atoms with Crippen molar-refractivity contribution in [1.29, 1.82) is 0 Å². The van der Waals surface area contributed by atoms with E-state index in [1.165, 1.54) is 25.1 Å². The van der Waals surface area contributed by atoms with Gasteiger partial charge in [0.1, 0.15) is 5.82 Å². The molecule has 4 rings (SSSR count). The summed E-state index contributed by atoms with van der Waals surface area (Å²) in [4.78, 5) is 18.0. The smallest absolute Gasteiger partial charge is 0.147 e. The van der Waals surface area contributed by atoms with Gasteiger partial charge in [-0.1, -0.05) is 0 Å². The summed E-state index contributed by atoms with van der Waals surface area (Å²) in [5.41, 5.74) is 1.17. The summed E-state index contributed by atoms with van der Waals surface area (Å²) in [5.74, 6) is 2.52. The van der Waals surface area contributed by atoms with Gasteiger partial charge >= 0.3 is 0 Å². The Labute approximate surface area is 137 Å². The van der Waals surface area contributed by atoms with Crippen LogP contribution in [0.5, 0.6) is 0 Å². The lowest BCUT2D eigenvalue weighted by Gasteiger charge is -2.30. The second-order valence-electron chi connectivity index (χ2n) is 6.97. The minimum absolute atomic E-state index is 0.574. The molecular formula is C17H24N6. The Morgan fingerprint density at radius 2 is 2.13 bits per heavy atom. The molecule has 2 fully saturated rings. The molecule has 0 spiro atoms. The van der Waals surface area contributed by atoms with Crippen molar-refractivity contribution in [3.8, 4) is 0 Å². The van der Waals surface area contributed by atoms with Gasteiger partial charge in [0.2, 0.25) is 0 Å². The Kier molecular flexibility index (Phi) is 3.77. The highest BCUT2D eigenvalue weighted by atomic mass is 15.2. The third kappa shape index (κ3) is 2.83. The van der Waals surface area contributed by atoms with Crippen LogP contribution < -0.4 is 4.90 Å². The Bertz CT molecular complexity index is 654. The minimum Gasteiger partial charge on any atom is -0.355 e. The maximum atomic E-state index is 4.47. The highest BCUT2D eigenvalue weighted by Gasteiger charge is 2.44. The van der Waals surface area contributed by atoms with Crippen molar-refractivity contribution in [3.05, 3.63) is 36.8 Å². The maximum absolute atomic E-state index is 4.47. The number of aryl methyl sites for hydroxylation is 1. The summed E-state index contributed by atoms with van der Waals surface area (Å²) in [6, 6.07) is 0.574. The summed E-state index contributed by atoms with van der Waals surface area (Å²) in [7, 11) is 4.19. The molecule has 2 aromatic heterocycles. The van der Waals surface area contributed by atoms with Crippen LogP contribution in [0.1, 0.15) is 18.5 Å². The number of aromatic nitrogens is 4. The molecule has 0 N–H and O–H groups in total. The largest absolute Gasteiger partial charge is 0.355 e. The fourth-order valence-corrected chi connectivity index (χ4v) is 4.36. The average Bonchev–Trinajstić information content (AvgIpc) is 3.24. The van der Waals surface area contributed by atoms with Crippen molar-refractivity contribution < 1.29 is 0 Å². The highest BCUT2D eigenvalue weighted by molar-refractivity contribution is 5.36. The molecule has 0 unspecified atom stereocenters. The number of fused-ring (bicyclic) bond motifs is 1. The molecular weight excluding hydrogens is 288 g/mol. The van der Waals surface area contributed by atoms with E-state index in [-0.39, 0.29) is 0 Å². The van der Waals surface area contributed by atoms with Crippen LogP contribution in [0.25, 0.3) is 0 Å². The van der Waals surface area contributed by atoms with E-state index in [9.17, 15) is 0 Å². The van der Waals surface area contributed by atoms with E-state index in [1.54, 1.807) is 12.4 Å². The van der Waals surface area contributed by atoms with Gasteiger partial charge in [0.05, 0.1) is 18.2 Å². The fraction of sp³-hybridized carbons (Fsp3) is 0.588. The molecule has 1 aliphatic heterocycles. The lowest BCUT2D eigenvalue weighted by atomic mass is 9.97. The summed E-state index contributed by atoms with van der Waals surface area (Å²) in [5, 5.41) is 0. The zero-order chi connectivity index (χ0) is 15.8. The first-order chi connectivity index (χ1) is 11.2. The van der Waals surface area contributed by atoms with Gasteiger partial charge in [-0.2, -0.15) is 0 Å². The quantitative estimate of drug-likeness (QED) is 0.857. The number of hydrogen-bond donors (Lipinski definition) is 0. The second kappa shape index (κ2) is 5.92. The van der Waals surface area contributed by atoms with Crippen molar-refractivity contribution in [3.63, 3.8) is 0 Å². The molecule has 122 valence electrons. The predicted octanol–water partition coefficient (Wildman–Crippen LogP) is 1.56. The van der Waals surface area contributed by atoms with E-state index in [4.69, 9.17) is 0 Å². The van der Waals surface area contributed by atoms with Crippen LogP contribution in [0.3, 0.4) is 0 Å². The van der Waals surface area contributed by atoms with Crippen molar-refractivity contribution >= 4 is 5.82 Å². The molecule has 0 amide bonds. The van der Waals surface area contributed by atoms with Gasteiger partial charge in [-0.15, -0.1) is 0 Å². The van der Waals surface area contributed by atoms with Crippen LogP contribution in [0.4, 0.5) is 5.82 Å². The molecule has 6 heteroatoms. The molecule has 1 aliphatic carbocycles. The number of rotatable bonds is 4. The van der Waals surface area contributed by atoms with Gasteiger partial charge in [0.15, 0.2) is 0 Å². The molecule has 1 saturated carbocycles. The van der Waals surface area contributed by atoms with E-state index in [0.29, 0.717) is 6.04 Å². The second-order valence-corrected chi connectivity index (χ2v) is 6.97. The molecule has 1 saturated heterocycles. The van der Waals surface area contributed by atoms with E-state index in [2.05, 4.69) is 38.0 Å². The predicted molar refractivity (Wildman–Crippen MR) is 88.9 cm³/mol. The monoisotopic (exact) mass is 312 g/mol. The molecule has 0 aromatic carbocycles. The summed E-state index contributed by atoms with van der Waals surface area (Å²) < 4.78 is 2.02. The summed E-state index contributed by atoms with van der Waals surface area (Å²) in [6.45, 7) is 3.33. The zero-order valence-corrected chi connectivity index (χ0v) is 13.8. The number of anilines is 1. The molecule has 6 nitrogen and oxygen atoms in total. The summed E-state index contributed by atoms with van der Waals surface area (Å²) >= 11 is 0. The molecule has 0 bridgehead atoms. The normalized spacial score (nSPS) is 27.3. The third-order valence-electron chi connectivity index (χ3n) is 5.45. The Hall–Kier alpha value is -1.95. The Morgan fingerprint density at radius 1 is 1.22 bits per heavy atom. The third-order valence-corrected chi connectivity index (χ3v) is 5.45.